The van der Waals surface area contributed by atoms with Crippen LogP contribution in [0.1, 0.15) is 24.5 Å². The van der Waals surface area contributed by atoms with Crippen molar-refractivity contribution in [3.8, 4) is 5.69 Å². The van der Waals surface area contributed by atoms with Crippen molar-refractivity contribution in [2.75, 3.05) is 5.32 Å². The van der Waals surface area contributed by atoms with Gasteiger partial charge in [-0.3, -0.25) is 20.5 Å². The van der Waals surface area contributed by atoms with Crippen LogP contribution in [-0.4, -0.2) is 27.1 Å². The monoisotopic (exact) mass is 320 g/mol. The van der Waals surface area contributed by atoms with Gasteiger partial charge in [0, 0.05) is 17.5 Å². The number of nitrogens with zero attached hydrogens (tertiary/aromatic N) is 3. The van der Waals surface area contributed by atoms with E-state index in [0.29, 0.717) is 12.3 Å². The molecule has 0 saturated heterocycles. The molecule has 1 amide bonds. The molecule has 24 heavy (non-hydrogen) atoms. The van der Waals surface area contributed by atoms with E-state index in [0.717, 1.165) is 40.8 Å². The lowest BCUT2D eigenvalue weighted by atomic mass is 10.1. The molecule has 1 saturated carbocycles. The lowest BCUT2D eigenvalue weighted by Gasteiger charge is -2.12. The summed E-state index contributed by atoms with van der Waals surface area (Å²) in [7, 11) is 0. The Balaban J connectivity index is 1.82. The topological polar surface area (TPSA) is 95.7 Å². The first kappa shape index (κ1) is 14.4. The van der Waals surface area contributed by atoms with Gasteiger partial charge >= 0.3 is 0 Å². The van der Waals surface area contributed by atoms with E-state index < -0.39 is 0 Å². The molecular weight excluding hydrogens is 304 g/mol. The van der Waals surface area contributed by atoms with E-state index in [-0.39, 0.29) is 5.96 Å². The smallest absolute Gasteiger partial charge is 0.213 e. The van der Waals surface area contributed by atoms with Crippen LogP contribution >= 0.6 is 0 Å². The molecule has 7 nitrogen and oxygen atoms in total. The molecular formula is C17H16N6O. The van der Waals surface area contributed by atoms with Gasteiger partial charge in [-0.05, 0) is 37.1 Å². The maximum Gasteiger partial charge on any atom is 0.213 e. The highest BCUT2D eigenvalue weighted by molar-refractivity contribution is 5.97. The average molecular weight is 320 g/mol. The zero-order valence-electron chi connectivity index (χ0n) is 12.9. The van der Waals surface area contributed by atoms with Crippen LogP contribution in [-0.2, 0) is 4.79 Å². The minimum atomic E-state index is -0.0639. The number of fused-ring (bicyclic) bond motifs is 1. The number of hydrogen-bond acceptors (Lipinski definition) is 4. The molecule has 2 aromatic heterocycles. The standard InChI is InChI=1S/C17H16N6O/c18-17(20-10-24)22-14-9-21-23(16(14)11-6-7-11)15-5-1-4-13-12(15)3-2-8-19-13/h1-5,8-11H,6-7H2,(H3,18,20,22,24). The predicted molar refractivity (Wildman–Crippen MR) is 91.4 cm³/mol. The molecule has 1 fully saturated rings. The van der Waals surface area contributed by atoms with Crippen LogP contribution in [0.15, 0.2) is 42.7 Å². The van der Waals surface area contributed by atoms with Gasteiger partial charge in [0.05, 0.1) is 28.8 Å². The van der Waals surface area contributed by atoms with Gasteiger partial charge in [0.15, 0.2) is 5.96 Å². The van der Waals surface area contributed by atoms with Crippen LogP contribution in [0.3, 0.4) is 0 Å². The summed E-state index contributed by atoms with van der Waals surface area (Å²) in [5.41, 5.74) is 3.66. The molecule has 7 heteroatoms. The SMILES string of the molecule is N=C(NC=O)Nc1cnn(-c2cccc3ncccc23)c1C1CC1. The average Bonchev–Trinajstić information content (AvgIpc) is 3.35. The van der Waals surface area contributed by atoms with Crippen molar-refractivity contribution in [1.82, 2.24) is 20.1 Å². The maximum atomic E-state index is 10.5. The molecule has 0 spiro atoms. The summed E-state index contributed by atoms with van der Waals surface area (Å²) in [4.78, 5) is 14.9. The predicted octanol–water partition coefficient (Wildman–Crippen LogP) is 2.39. The molecule has 120 valence electrons. The summed E-state index contributed by atoms with van der Waals surface area (Å²) >= 11 is 0. The molecule has 3 N–H and O–H groups in total. The Morgan fingerprint density at radius 3 is 2.96 bits per heavy atom. The van der Waals surface area contributed by atoms with Gasteiger partial charge in [-0.2, -0.15) is 5.10 Å². The Labute approximate surface area is 138 Å². The molecule has 1 aromatic carbocycles. The minimum Gasteiger partial charge on any atom is -0.323 e. The number of amides is 1. The highest BCUT2D eigenvalue weighted by Gasteiger charge is 2.31. The van der Waals surface area contributed by atoms with Crippen molar-refractivity contribution >= 4 is 29.0 Å². The van der Waals surface area contributed by atoms with Crippen molar-refractivity contribution in [3.63, 3.8) is 0 Å². The molecule has 3 aromatic rings. The summed E-state index contributed by atoms with van der Waals surface area (Å²) in [5.74, 6) is 0.344. The molecule has 1 aliphatic carbocycles. The van der Waals surface area contributed by atoms with Crippen LogP contribution in [0.2, 0.25) is 0 Å². The second-order valence-corrected chi connectivity index (χ2v) is 5.74. The third-order valence-corrected chi connectivity index (χ3v) is 4.08. The number of rotatable bonds is 4. The van der Waals surface area contributed by atoms with Crippen LogP contribution in [0.25, 0.3) is 16.6 Å². The normalized spacial score (nSPS) is 13.7. The first-order chi connectivity index (χ1) is 11.8. The molecule has 0 bridgehead atoms. The third-order valence-electron chi connectivity index (χ3n) is 4.08. The number of hydrogen-bond donors (Lipinski definition) is 3. The number of aromatic nitrogens is 3. The minimum absolute atomic E-state index is 0.0639. The molecule has 0 aliphatic heterocycles. The van der Waals surface area contributed by atoms with Gasteiger partial charge in [-0.25, -0.2) is 4.68 Å². The van der Waals surface area contributed by atoms with E-state index in [1.54, 1.807) is 12.4 Å². The maximum absolute atomic E-state index is 10.5. The van der Waals surface area contributed by atoms with Crippen LogP contribution < -0.4 is 10.6 Å². The van der Waals surface area contributed by atoms with Crippen molar-refractivity contribution in [3.05, 3.63) is 48.4 Å². The second kappa shape index (κ2) is 5.77. The van der Waals surface area contributed by atoms with Gasteiger partial charge in [-0.15, -0.1) is 0 Å². The number of nitrogens with one attached hydrogen (secondary N) is 3. The fraction of sp³-hybridized carbons (Fsp3) is 0.176. The summed E-state index contributed by atoms with van der Waals surface area (Å²) < 4.78 is 1.91. The fourth-order valence-corrected chi connectivity index (χ4v) is 2.90. The zero-order chi connectivity index (χ0) is 16.5. The van der Waals surface area contributed by atoms with E-state index >= 15 is 0 Å². The first-order valence-corrected chi connectivity index (χ1v) is 7.75. The van der Waals surface area contributed by atoms with Gasteiger partial charge in [0.25, 0.3) is 0 Å². The van der Waals surface area contributed by atoms with Crippen LogP contribution in [0, 0.1) is 5.41 Å². The number of carbonyl (C=O) groups excluding carboxylic acids is 1. The van der Waals surface area contributed by atoms with Gasteiger partial charge in [0.2, 0.25) is 6.41 Å². The molecule has 0 atom stereocenters. The van der Waals surface area contributed by atoms with E-state index in [4.69, 9.17) is 5.41 Å². The molecule has 0 unspecified atom stereocenters. The third kappa shape index (κ3) is 2.50. The second-order valence-electron chi connectivity index (χ2n) is 5.74. The Morgan fingerprint density at radius 2 is 2.17 bits per heavy atom. The number of guanidine groups is 1. The summed E-state index contributed by atoms with van der Waals surface area (Å²) in [6, 6.07) is 9.89. The number of pyridine rings is 1. The summed E-state index contributed by atoms with van der Waals surface area (Å²) in [5, 5.41) is 18.5. The quantitative estimate of drug-likeness (QED) is 0.391. The Morgan fingerprint density at radius 1 is 1.29 bits per heavy atom. The van der Waals surface area contributed by atoms with Gasteiger partial charge in [-0.1, -0.05) is 6.07 Å². The Bertz CT molecular complexity index is 922. The van der Waals surface area contributed by atoms with Gasteiger partial charge in [0.1, 0.15) is 0 Å². The van der Waals surface area contributed by atoms with E-state index in [1.807, 2.05) is 35.0 Å². The van der Waals surface area contributed by atoms with Crippen molar-refractivity contribution in [1.29, 1.82) is 5.41 Å². The van der Waals surface area contributed by atoms with E-state index in [9.17, 15) is 4.79 Å². The lowest BCUT2D eigenvalue weighted by molar-refractivity contribution is -0.108. The number of anilines is 1. The number of benzene rings is 1. The van der Waals surface area contributed by atoms with Crippen LogP contribution in [0.4, 0.5) is 5.69 Å². The highest BCUT2D eigenvalue weighted by atomic mass is 16.1. The molecule has 2 heterocycles. The van der Waals surface area contributed by atoms with Crippen LogP contribution in [0.5, 0.6) is 0 Å². The largest absolute Gasteiger partial charge is 0.323 e. The lowest BCUT2D eigenvalue weighted by Crippen LogP contribution is -2.28. The van der Waals surface area contributed by atoms with E-state index in [1.165, 1.54) is 0 Å². The highest BCUT2D eigenvalue weighted by Crippen LogP contribution is 2.44. The van der Waals surface area contributed by atoms with Gasteiger partial charge < -0.3 is 5.32 Å². The van der Waals surface area contributed by atoms with Crippen molar-refractivity contribution < 1.29 is 4.79 Å². The molecule has 0 radical (unpaired) electrons. The Hall–Kier alpha value is -3.22. The van der Waals surface area contributed by atoms with Crippen molar-refractivity contribution in [2.24, 2.45) is 0 Å². The molecule has 1 aliphatic rings. The summed E-state index contributed by atoms with van der Waals surface area (Å²) in [6.45, 7) is 0. The van der Waals surface area contributed by atoms with E-state index in [2.05, 4.69) is 20.7 Å². The Kier molecular flexibility index (Phi) is 3.45. The number of carbonyl (C=O) groups is 1. The summed E-state index contributed by atoms with van der Waals surface area (Å²) in [6.07, 6.45) is 6.14. The van der Waals surface area contributed by atoms with Crippen molar-refractivity contribution in [2.45, 2.75) is 18.8 Å². The zero-order valence-corrected chi connectivity index (χ0v) is 12.9. The first-order valence-electron chi connectivity index (χ1n) is 7.75. The molecule has 4 rings (SSSR count). The fourth-order valence-electron chi connectivity index (χ4n) is 2.90.